The number of likely N-dealkylation sites (N-methyl/N-ethyl adjacent to an activating group) is 2. The summed E-state index contributed by atoms with van der Waals surface area (Å²) < 4.78 is 0. The molecule has 72 valence electrons. The SMILES string of the molecule is CCN1CCCC1C(O)N(C)C. The summed E-state index contributed by atoms with van der Waals surface area (Å²) in [7, 11) is 3.85. The first-order valence-electron chi connectivity index (χ1n) is 4.75. The minimum absolute atomic E-state index is 0.299. The van der Waals surface area contributed by atoms with E-state index in [1.807, 2.05) is 19.0 Å². The predicted octanol–water partition coefficient (Wildman–Crippen LogP) is 0.351. The molecule has 1 saturated heterocycles. The lowest BCUT2D eigenvalue weighted by atomic mass is 10.2. The van der Waals surface area contributed by atoms with Crippen molar-refractivity contribution in [1.29, 1.82) is 0 Å². The Hall–Kier alpha value is -0.120. The van der Waals surface area contributed by atoms with Crippen LogP contribution in [0.1, 0.15) is 19.8 Å². The lowest BCUT2D eigenvalue weighted by molar-refractivity contribution is -0.0224. The van der Waals surface area contributed by atoms with Gasteiger partial charge in [-0.1, -0.05) is 6.92 Å². The van der Waals surface area contributed by atoms with Crippen molar-refractivity contribution in [1.82, 2.24) is 9.80 Å². The standard InChI is InChI=1S/C9H20N2O/c1-4-11-7-5-6-8(11)9(12)10(2)3/h8-9,12H,4-7H2,1-3H3. The number of hydrogen-bond donors (Lipinski definition) is 1. The molecule has 12 heavy (non-hydrogen) atoms. The second-order valence-electron chi connectivity index (χ2n) is 3.72. The van der Waals surface area contributed by atoms with Crippen molar-refractivity contribution in [2.75, 3.05) is 27.2 Å². The van der Waals surface area contributed by atoms with Gasteiger partial charge in [-0.2, -0.15) is 0 Å². The van der Waals surface area contributed by atoms with Crippen LogP contribution in [0, 0.1) is 0 Å². The Labute approximate surface area is 75.0 Å². The van der Waals surface area contributed by atoms with Gasteiger partial charge in [0.25, 0.3) is 0 Å². The largest absolute Gasteiger partial charge is 0.377 e. The summed E-state index contributed by atoms with van der Waals surface area (Å²) in [4.78, 5) is 4.24. The lowest BCUT2D eigenvalue weighted by Crippen LogP contribution is -2.46. The van der Waals surface area contributed by atoms with Crippen LogP contribution in [0.4, 0.5) is 0 Å². The Morgan fingerprint density at radius 2 is 2.25 bits per heavy atom. The highest BCUT2D eigenvalue weighted by Gasteiger charge is 2.30. The quantitative estimate of drug-likeness (QED) is 0.622. The molecule has 1 heterocycles. The summed E-state index contributed by atoms with van der Waals surface area (Å²) >= 11 is 0. The van der Waals surface area contributed by atoms with E-state index >= 15 is 0 Å². The molecular weight excluding hydrogens is 152 g/mol. The van der Waals surface area contributed by atoms with Gasteiger partial charge in [0, 0.05) is 6.04 Å². The number of hydrogen-bond acceptors (Lipinski definition) is 3. The monoisotopic (exact) mass is 172 g/mol. The van der Waals surface area contributed by atoms with Gasteiger partial charge in [-0.05, 0) is 40.0 Å². The molecule has 1 fully saturated rings. The van der Waals surface area contributed by atoms with E-state index in [1.54, 1.807) is 0 Å². The highest BCUT2D eigenvalue weighted by atomic mass is 16.3. The van der Waals surface area contributed by atoms with Crippen LogP contribution in [0.15, 0.2) is 0 Å². The molecule has 0 bridgehead atoms. The van der Waals surface area contributed by atoms with Gasteiger partial charge in [0.2, 0.25) is 0 Å². The number of aliphatic hydroxyl groups is 1. The van der Waals surface area contributed by atoms with Crippen molar-refractivity contribution in [3.63, 3.8) is 0 Å². The zero-order chi connectivity index (χ0) is 9.14. The third kappa shape index (κ3) is 1.97. The molecule has 0 saturated carbocycles. The van der Waals surface area contributed by atoms with Crippen LogP contribution in [-0.4, -0.2) is 54.4 Å². The van der Waals surface area contributed by atoms with E-state index in [9.17, 15) is 5.11 Å². The fourth-order valence-electron chi connectivity index (χ4n) is 1.93. The first-order chi connectivity index (χ1) is 5.66. The number of likely N-dealkylation sites (tertiary alicyclic amines) is 1. The van der Waals surface area contributed by atoms with E-state index in [0.717, 1.165) is 19.5 Å². The van der Waals surface area contributed by atoms with E-state index in [2.05, 4.69) is 11.8 Å². The van der Waals surface area contributed by atoms with Crippen molar-refractivity contribution in [2.45, 2.75) is 32.0 Å². The summed E-state index contributed by atoms with van der Waals surface area (Å²) in [5.74, 6) is 0. The van der Waals surface area contributed by atoms with E-state index in [4.69, 9.17) is 0 Å². The highest BCUT2D eigenvalue weighted by Crippen LogP contribution is 2.20. The van der Waals surface area contributed by atoms with Crippen LogP contribution < -0.4 is 0 Å². The molecule has 1 aliphatic heterocycles. The van der Waals surface area contributed by atoms with E-state index in [-0.39, 0.29) is 6.23 Å². The molecule has 1 rings (SSSR count). The molecule has 0 aromatic rings. The number of aliphatic hydroxyl groups excluding tert-OH is 1. The van der Waals surface area contributed by atoms with Gasteiger partial charge in [-0.3, -0.25) is 9.80 Å². The van der Waals surface area contributed by atoms with Crippen LogP contribution in [0.2, 0.25) is 0 Å². The summed E-state index contributed by atoms with van der Waals surface area (Å²) in [5.41, 5.74) is 0. The van der Waals surface area contributed by atoms with Crippen molar-refractivity contribution >= 4 is 0 Å². The van der Waals surface area contributed by atoms with Gasteiger partial charge in [0.15, 0.2) is 0 Å². The zero-order valence-corrected chi connectivity index (χ0v) is 8.32. The Morgan fingerprint density at radius 3 is 2.75 bits per heavy atom. The topological polar surface area (TPSA) is 26.7 Å². The molecule has 0 amide bonds. The Kier molecular flexibility index (Phi) is 3.50. The summed E-state index contributed by atoms with van der Waals surface area (Å²) in [6, 6.07) is 0.352. The molecule has 1 N–H and O–H groups in total. The highest BCUT2D eigenvalue weighted by molar-refractivity contribution is 4.82. The zero-order valence-electron chi connectivity index (χ0n) is 8.32. The van der Waals surface area contributed by atoms with Crippen LogP contribution in [0.3, 0.4) is 0 Å². The maximum absolute atomic E-state index is 9.81. The molecule has 2 unspecified atom stereocenters. The first kappa shape index (κ1) is 9.96. The molecule has 0 radical (unpaired) electrons. The van der Waals surface area contributed by atoms with E-state index in [1.165, 1.54) is 6.42 Å². The second kappa shape index (κ2) is 4.21. The van der Waals surface area contributed by atoms with Crippen LogP contribution in [0.5, 0.6) is 0 Å². The second-order valence-corrected chi connectivity index (χ2v) is 3.72. The van der Waals surface area contributed by atoms with Gasteiger partial charge in [0.05, 0.1) is 0 Å². The van der Waals surface area contributed by atoms with E-state index < -0.39 is 0 Å². The minimum atomic E-state index is -0.299. The Balaban J connectivity index is 2.49. The van der Waals surface area contributed by atoms with Crippen molar-refractivity contribution in [2.24, 2.45) is 0 Å². The lowest BCUT2D eigenvalue weighted by Gasteiger charge is -2.31. The molecule has 0 aromatic heterocycles. The first-order valence-corrected chi connectivity index (χ1v) is 4.75. The van der Waals surface area contributed by atoms with Crippen molar-refractivity contribution in [3.05, 3.63) is 0 Å². The third-order valence-electron chi connectivity index (χ3n) is 2.69. The molecule has 0 aliphatic carbocycles. The molecule has 2 atom stereocenters. The fraction of sp³-hybridized carbons (Fsp3) is 1.00. The predicted molar refractivity (Wildman–Crippen MR) is 50.0 cm³/mol. The van der Waals surface area contributed by atoms with Gasteiger partial charge in [-0.25, -0.2) is 0 Å². The third-order valence-corrected chi connectivity index (χ3v) is 2.69. The minimum Gasteiger partial charge on any atom is -0.377 e. The molecule has 3 nitrogen and oxygen atoms in total. The smallest absolute Gasteiger partial charge is 0.122 e. The van der Waals surface area contributed by atoms with Gasteiger partial charge in [0.1, 0.15) is 6.23 Å². The van der Waals surface area contributed by atoms with Crippen LogP contribution >= 0.6 is 0 Å². The normalized spacial score (nSPS) is 28.2. The van der Waals surface area contributed by atoms with Gasteiger partial charge < -0.3 is 5.11 Å². The number of nitrogens with zero attached hydrogens (tertiary/aromatic N) is 2. The van der Waals surface area contributed by atoms with Crippen molar-refractivity contribution < 1.29 is 5.11 Å². The fourth-order valence-corrected chi connectivity index (χ4v) is 1.93. The van der Waals surface area contributed by atoms with E-state index in [0.29, 0.717) is 6.04 Å². The summed E-state index contributed by atoms with van der Waals surface area (Å²) in [5, 5.41) is 9.81. The Morgan fingerprint density at radius 1 is 1.58 bits per heavy atom. The summed E-state index contributed by atoms with van der Waals surface area (Å²) in [6.07, 6.45) is 2.06. The van der Waals surface area contributed by atoms with Crippen LogP contribution in [-0.2, 0) is 0 Å². The van der Waals surface area contributed by atoms with Crippen molar-refractivity contribution in [3.8, 4) is 0 Å². The molecule has 0 aromatic carbocycles. The van der Waals surface area contributed by atoms with Gasteiger partial charge in [-0.15, -0.1) is 0 Å². The maximum atomic E-state index is 9.81. The number of rotatable bonds is 3. The van der Waals surface area contributed by atoms with Crippen LogP contribution in [0.25, 0.3) is 0 Å². The molecule has 0 spiro atoms. The average Bonchev–Trinajstić information content (AvgIpc) is 2.49. The molecule has 3 heteroatoms. The molecule has 1 aliphatic rings. The summed E-state index contributed by atoms with van der Waals surface area (Å²) in [6.45, 7) is 4.35. The average molecular weight is 172 g/mol. The Bertz CT molecular complexity index is 138. The van der Waals surface area contributed by atoms with Gasteiger partial charge >= 0.3 is 0 Å². The molecular formula is C9H20N2O. The maximum Gasteiger partial charge on any atom is 0.122 e.